The van der Waals surface area contributed by atoms with Crippen LogP contribution in [0.1, 0.15) is 36.7 Å². The van der Waals surface area contributed by atoms with E-state index >= 15 is 0 Å². The third-order valence-corrected chi connectivity index (χ3v) is 4.95. The molecule has 1 N–H and O–H groups in total. The molecule has 1 fully saturated rings. The molecular formula is C22H27N3O2. The molecular weight excluding hydrogens is 338 g/mol. The first-order valence-corrected chi connectivity index (χ1v) is 9.46. The van der Waals surface area contributed by atoms with Crippen LogP contribution in [0.5, 0.6) is 0 Å². The van der Waals surface area contributed by atoms with Gasteiger partial charge < -0.3 is 14.8 Å². The highest BCUT2D eigenvalue weighted by Crippen LogP contribution is 2.21. The standard InChI is InChI=1S/C22H27N3O2/c1-16(15-24-13-7-10-22(24)27)23-21(26)12-11-19-14-17(2)25(18(19)3)20-8-5-4-6-9-20/h4-6,8-9,11-12,14,16H,7,10,13,15H2,1-3H3,(H,23,26)/b12-11+. The zero-order valence-electron chi connectivity index (χ0n) is 16.2. The van der Waals surface area contributed by atoms with Gasteiger partial charge in [-0.25, -0.2) is 0 Å². The maximum absolute atomic E-state index is 12.2. The van der Waals surface area contributed by atoms with Gasteiger partial charge >= 0.3 is 0 Å². The van der Waals surface area contributed by atoms with Gasteiger partial charge in [0.25, 0.3) is 0 Å². The monoisotopic (exact) mass is 365 g/mol. The second-order valence-electron chi connectivity index (χ2n) is 7.18. The molecule has 3 rings (SSSR count). The number of nitrogens with zero attached hydrogens (tertiary/aromatic N) is 2. The third kappa shape index (κ3) is 4.48. The molecule has 1 unspecified atom stereocenters. The van der Waals surface area contributed by atoms with Crippen molar-refractivity contribution in [2.24, 2.45) is 0 Å². The first-order valence-electron chi connectivity index (χ1n) is 9.46. The summed E-state index contributed by atoms with van der Waals surface area (Å²) in [6.07, 6.45) is 4.96. The summed E-state index contributed by atoms with van der Waals surface area (Å²) in [7, 11) is 0. The van der Waals surface area contributed by atoms with Crippen LogP contribution in [0.3, 0.4) is 0 Å². The van der Waals surface area contributed by atoms with Gasteiger partial charge in [-0.1, -0.05) is 18.2 Å². The third-order valence-electron chi connectivity index (χ3n) is 4.95. The lowest BCUT2D eigenvalue weighted by molar-refractivity contribution is -0.128. The molecule has 1 aliphatic rings. The summed E-state index contributed by atoms with van der Waals surface area (Å²) in [5.74, 6) is 0.0404. The second-order valence-corrected chi connectivity index (χ2v) is 7.18. The minimum Gasteiger partial charge on any atom is -0.348 e. The lowest BCUT2D eigenvalue weighted by Gasteiger charge is -2.21. The Balaban J connectivity index is 1.64. The number of nitrogens with one attached hydrogen (secondary N) is 1. The van der Waals surface area contributed by atoms with Crippen molar-refractivity contribution in [1.29, 1.82) is 0 Å². The number of benzene rings is 1. The Morgan fingerprint density at radius 3 is 2.67 bits per heavy atom. The molecule has 2 heterocycles. The molecule has 0 aliphatic carbocycles. The van der Waals surface area contributed by atoms with E-state index in [0.29, 0.717) is 13.0 Å². The summed E-state index contributed by atoms with van der Waals surface area (Å²) in [4.78, 5) is 25.8. The molecule has 0 radical (unpaired) electrons. The Bertz CT molecular complexity index is 852. The van der Waals surface area contributed by atoms with Crippen molar-refractivity contribution in [1.82, 2.24) is 14.8 Å². The fourth-order valence-corrected chi connectivity index (χ4v) is 3.66. The second kappa shape index (κ2) is 8.25. The Hall–Kier alpha value is -2.82. The van der Waals surface area contributed by atoms with Gasteiger partial charge in [0.1, 0.15) is 0 Å². The van der Waals surface area contributed by atoms with Gasteiger partial charge in [-0.2, -0.15) is 0 Å². The average molecular weight is 365 g/mol. The first-order chi connectivity index (χ1) is 13.0. The maximum atomic E-state index is 12.2. The van der Waals surface area contributed by atoms with E-state index in [-0.39, 0.29) is 17.9 Å². The van der Waals surface area contributed by atoms with Gasteiger partial charge in [-0.05, 0) is 57.0 Å². The number of amides is 2. The fourth-order valence-electron chi connectivity index (χ4n) is 3.66. The van der Waals surface area contributed by atoms with Crippen LogP contribution in [0.25, 0.3) is 11.8 Å². The van der Waals surface area contributed by atoms with Crippen LogP contribution in [0.4, 0.5) is 0 Å². The van der Waals surface area contributed by atoms with Gasteiger partial charge in [-0.3, -0.25) is 9.59 Å². The summed E-state index contributed by atoms with van der Waals surface area (Å²) in [5, 5.41) is 2.94. The van der Waals surface area contributed by atoms with Crippen LogP contribution in [-0.2, 0) is 9.59 Å². The number of hydrogen-bond donors (Lipinski definition) is 1. The number of aromatic nitrogens is 1. The minimum absolute atomic E-state index is 0.0686. The zero-order chi connectivity index (χ0) is 19.4. The Labute approximate surface area is 160 Å². The topological polar surface area (TPSA) is 54.3 Å². The lowest BCUT2D eigenvalue weighted by atomic mass is 10.2. The van der Waals surface area contributed by atoms with Crippen LogP contribution in [0, 0.1) is 13.8 Å². The molecule has 2 aromatic rings. The van der Waals surface area contributed by atoms with Crippen LogP contribution in [-0.4, -0.2) is 40.4 Å². The molecule has 5 nitrogen and oxygen atoms in total. The van der Waals surface area contributed by atoms with Crippen molar-refractivity contribution in [3.63, 3.8) is 0 Å². The highest BCUT2D eigenvalue weighted by atomic mass is 16.2. The van der Waals surface area contributed by atoms with E-state index in [1.807, 2.05) is 36.1 Å². The molecule has 1 aromatic heterocycles. The molecule has 0 saturated carbocycles. The molecule has 0 bridgehead atoms. The normalized spacial score (nSPS) is 15.5. The summed E-state index contributed by atoms with van der Waals surface area (Å²) in [6.45, 7) is 7.41. The number of para-hydroxylation sites is 1. The number of aryl methyl sites for hydroxylation is 1. The number of carbonyl (C=O) groups is 2. The Kier molecular flexibility index (Phi) is 5.79. The van der Waals surface area contributed by atoms with E-state index in [0.717, 1.165) is 35.6 Å². The molecule has 27 heavy (non-hydrogen) atoms. The SMILES string of the molecule is Cc1cc(/C=C/C(=O)NC(C)CN2CCCC2=O)c(C)n1-c1ccccc1. The molecule has 1 saturated heterocycles. The molecule has 2 amide bonds. The van der Waals surface area contributed by atoms with Crippen molar-refractivity contribution in [2.75, 3.05) is 13.1 Å². The van der Waals surface area contributed by atoms with Gasteiger partial charge in [0, 0.05) is 48.7 Å². The molecule has 1 aromatic carbocycles. The number of rotatable bonds is 6. The zero-order valence-corrected chi connectivity index (χ0v) is 16.2. The first kappa shape index (κ1) is 19.0. The molecule has 0 spiro atoms. The van der Waals surface area contributed by atoms with E-state index in [4.69, 9.17) is 0 Å². The van der Waals surface area contributed by atoms with Crippen LogP contribution in [0.2, 0.25) is 0 Å². The predicted molar refractivity (Wildman–Crippen MR) is 108 cm³/mol. The smallest absolute Gasteiger partial charge is 0.244 e. The summed E-state index contributed by atoms with van der Waals surface area (Å²) >= 11 is 0. The number of hydrogen-bond acceptors (Lipinski definition) is 2. The molecule has 142 valence electrons. The predicted octanol–water partition coefficient (Wildman–Crippen LogP) is 3.23. The van der Waals surface area contributed by atoms with Crippen LogP contribution in [0.15, 0.2) is 42.5 Å². The number of likely N-dealkylation sites (tertiary alicyclic amines) is 1. The largest absolute Gasteiger partial charge is 0.348 e. The maximum Gasteiger partial charge on any atom is 0.244 e. The lowest BCUT2D eigenvalue weighted by Crippen LogP contribution is -2.41. The van der Waals surface area contributed by atoms with Crippen molar-refractivity contribution >= 4 is 17.9 Å². The van der Waals surface area contributed by atoms with Crippen molar-refractivity contribution in [3.05, 3.63) is 59.4 Å². The molecule has 5 heteroatoms. The average Bonchev–Trinajstić information content (AvgIpc) is 3.16. The fraction of sp³-hybridized carbons (Fsp3) is 0.364. The van der Waals surface area contributed by atoms with Crippen molar-refractivity contribution in [2.45, 2.75) is 39.7 Å². The Morgan fingerprint density at radius 1 is 1.26 bits per heavy atom. The quantitative estimate of drug-likeness (QED) is 0.799. The summed E-state index contributed by atoms with van der Waals surface area (Å²) in [6, 6.07) is 12.2. The van der Waals surface area contributed by atoms with Gasteiger partial charge in [-0.15, -0.1) is 0 Å². The van der Waals surface area contributed by atoms with E-state index in [2.05, 4.69) is 41.9 Å². The highest BCUT2D eigenvalue weighted by Gasteiger charge is 2.22. The van der Waals surface area contributed by atoms with Gasteiger partial charge in [0.05, 0.1) is 0 Å². The number of carbonyl (C=O) groups excluding carboxylic acids is 2. The van der Waals surface area contributed by atoms with E-state index in [1.165, 1.54) is 0 Å². The van der Waals surface area contributed by atoms with Crippen LogP contribution < -0.4 is 5.32 Å². The summed E-state index contributed by atoms with van der Waals surface area (Å²) < 4.78 is 2.18. The Morgan fingerprint density at radius 2 is 2.00 bits per heavy atom. The van der Waals surface area contributed by atoms with Crippen LogP contribution >= 0.6 is 0 Å². The van der Waals surface area contributed by atoms with Gasteiger partial charge in [0.2, 0.25) is 11.8 Å². The minimum atomic E-state index is -0.140. The van der Waals surface area contributed by atoms with Gasteiger partial charge in [0.15, 0.2) is 0 Å². The van der Waals surface area contributed by atoms with E-state index in [9.17, 15) is 9.59 Å². The van der Waals surface area contributed by atoms with Crippen molar-refractivity contribution in [3.8, 4) is 5.69 Å². The van der Waals surface area contributed by atoms with E-state index in [1.54, 1.807) is 6.08 Å². The summed E-state index contributed by atoms with van der Waals surface area (Å²) in [5.41, 5.74) is 4.35. The highest BCUT2D eigenvalue weighted by molar-refractivity contribution is 5.92. The van der Waals surface area contributed by atoms with Crippen molar-refractivity contribution < 1.29 is 9.59 Å². The molecule has 1 atom stereocenters. The van der Waals surface area contributed by atoms with E-state index < -0.39 is 0 Å². The molecule has 1 aliphatic heterocycles.